The molecule has 0 unspecified atom stereocenters. The predicted molar refractivity (Wildman–Crippen MR) is 67.9 cm³/mol. The second kappa shape index (κ2) is 3.25. The molecule has 0 aliphatic heterocycles. The average Bonchev–Trinajstić information content (AvgIpc) is 2.99. The molecule has 1 aliphatic rings. The zero-order valence-electron chi connectivity index (χ0n) is 9.33. The van der Waals surface area contributed by atoms with Gasteiger partial charge in [0, 0.05) is 30.6 Å². The van der Waals surface area contributed by atoms with Crippen LogP contribution in [0.15, 0.2) is 24.4 Å². The van der Waals surface area contributed by atoms with Gasteiger partial charge in [-0.15, -0.1) is 0 Å². The number of halogens is 1. The molecule has 1 aromatic carbocycles. The Labute approximate surface area is 100.0 Å². The molecule has 0 atom stereocenters. The Morgan fingerprint density at radius 1 is 1.44 bits per heavy atom. The molecule has 1 fully saturated rings. The van der Waals surface area contributed by atoms with Gasteiger partial charge in [-0.25, -0.2) is 0 Å². The zero-order chi connectivity index (χ0) is 11.3. The van der Waals surface area contributed by atoms with E-state index < -0.39 is 0 Å². The van der Waals surface area contributed by atoms with Crippen molar-refractivity contribution >= 4 is 22.5 Å². The van der Waals surface area contributed by atoms with Crippen LogP contribution in [0.5, 0.6) is 0 Å². The minimum atomic E-state index is 0.226. The number of rotatable bonds is 2. The third kappa shape index (κ3) is 1.23. The van der Waals surface area contributed by atoms with Crippen LogP contribution in [0, 0.1) is 0 Å². The molecule has 0 amide bonds. The van der Waals surface area contributed by atoms with Gasteiger partial charge >= 0.3 is 0 Å². The zero-order valence-corrected chi connectivity index (χ0v) is 10.1. The molecule has 2 nitrogen and oxygen atoms in total. The summed E-state index contributed by atoms with van der Waals surface area (Å²) in [5.41, 5.74) is 8.62. The summed E-state index contributed by atoms with van der Waals surface area (Å²) in [6.07, 6.45) is 4.60. The van der Waals surface area contributed by atoms with Crippen molar-refractivity contribution in [2.75, 3.05) is 6.54 Å². The first-order valence-corrected chi connectivity index (χ1v) is 6.00. The van der Waals surface area contributed by atoms with Crippen molar-refractivity contribution in [2.24, 2.45) is 12.8 Å². The topological polar surface area (TPSA) is 30.9 Å². The van der Waals surface area contributed by atoms with Crippen LogP contribution in [-0.4, -0.2) is 11.1 Å². The molecule has 2 N–H and O–H groups in total. The summed E-state index contributed by atoms with van der Waals surface area (Å²) in [5, 5.41) is 2.08. The fourth-order valence-corrected chi connectivity index (χ4v) is 2.88. The maximum atomic E-state index is 6.24. The Balaban J connectivity index is 2.31. The van der Waals surface area contributed by atoms with E-state index in [1.807, 2.05) is 19.2 Å². The highest BCUT2D eigenvalue weighted by atomic mass is 35.5. The number of para-hydroxylation sites is 1. The number of fused-ring (bicyclic) bond motifs is 1. The van der Waals surface area contributed by atoms with Gasteiger partial charge < -0.3 is 10.3 Å². The lowest BCUT2D eigenvalue weighted by Crippen LogP contribution is -2.19. The Morgan fingerprint density at radius 2 is 2.19 bits per heavy atom. The molecule has 0 spiro atoms. The highest BCUT2D eigenvalue weighted by Gasteiger charge is 2.44. The van der Waals surface area contributed by atoms with Gasteiger partial charge in [0.25, 0.3) is 0 Å². The molecule has 0 radical (unpaired) electrons. The molecule has 0 bridgehead atoms. The Morgan fingerprint density at radius 3 is 2.81 bits per heavy atom. The molecule has 16 heavy (non-hydrogen) atoms. The van der Waals surface area contributed by atoms with Gasteiger partial charge in [0.15, 0.2) is 0 Å². The Hall–Kier alpha value is -0.990. The number of benzene rings is 1. The molecular formula is C13H15ClN2. The van der Waals surface area contributed by atoms with Gasteiger partial charge in [0.2, 0.25) is 0 Å². The molecule has 1 aromatic heterocycles. The van der Waals surface area contributed by atoms with Crippen LogP contribution in [0.1, 0.15) is 18.4 Å². The van der Waals surface area contributed by atoms with E-state index in [9.17, 15) is 0 Å². The first-order valence-electron chi connectivity index (χ1n) is 5.62. The van der Waals surface area contributed by atoms with Crippen LogP contribution >= 0.6 is 11.6 Å². The van der Waals surface area contributed by atoms with Crippen LogP contribution in [-0.2, 0) is 12.5 Å². The lowest BCUT2D eigenvalue weighted by molar-refractivity contribution is 0.706. The maximum Gasteiger partial charge on any atom is 0.0670 e. The Bertz CT molecular complexity index is 552. The molecule has 0 saturated heterocycles. The van der Waals surface area contributed by atoms with Gasteiger partial charge in [0.1, 0.15) is 0 Å². The summed E-state index contributed by atoms with van der Waals surface area (Å²) < 4.78 is 2.11. The quantitative estimate of drug-likeness (QED) is 0.851. The summed E-state index contributed by atoms with van der Waals surface area (Å²) in [5.74, 6) is 0. The van der Waals surface area contributed by atoms with E-state index in [1.165, 1.54) is 23.8 Å². The van der Waals surface area contributed by atoms with Gasteiger partial charge in [-0.2, -0.15) is 0 Å². The fraction of sp³-hybridized carbons (Fsp3) is 0.385. The number of hydrogen-bond acceptors (Lipinski definition) is 1. The van der Waals surface area contributed by atoms with Crippen molar-refractivity contribution in [1.29, 1.82) is 0 Å². The minimum Gasteiger partial charge on any atom is -0.349 e. The van der Waals surface area contributed by atoms with Crippen molar-refractivity contribution in [1.82, 2.24) is 4.57 Å². The van der Waals surface area contributed by atoms with Crippen molar-refractivity contribution in [3.05, 3.63) is 35.0 Å². The molecule has 3 rings (SSSR count). The normalized spacial score (nSPS) is 17.9. The van der Waals surface area contributed by atoms with Gasteiger partial charge in [-0.1, -0.05) is 23.7 Å². The highest BCUT2D eigenvalue weighted by molar-refractivity contribution is 6.35. The van der Waals surface area contributed by atoms with Crippen LogP contribution in [0.25, 0.3) is 10.9 Å². The minimum absolute atomic E-state index is 0.226. The van der Waals surface area contributed by atoms with E-state index >= 15 is 0 Å². The standard InChI is InChI=1S/C13H15ClN2/c1-16-7-10(13(8-15)5-6-13)9-3-2-4-11(14)12(9)16/h2-4,7H,5-6,8,15H2,1H3. The van der Waals surface area contributed by atoms with Crippen LogP contribution < -0.4 is 5.73 Å². The summed E-state index contributed by atoms with van der Waals surface area (Å²) in [7, 11) is 2.05. The summed E-state index contributed by atoms with van der Waals surface area (Å²) in [6.45, 7) is 0.735. The summed E-state index contributed by atoms with van der Waals surface area (Å²) >= 11 is 6.24. The number of nitrogens with zero attached hydrogens (tertiary/aromatic N) is 1. The molecule has 84 valence electrons. The van der Waals surface area contributed by atoms with Gasteiger partial charge in [-0.05, 0) is 24.5 Å². The Kier molecular flexibility index (Phi) is 2.07. The lowest BCUT2D eigenvalue weighted by atomic mass is 9.96. The number of nitrogens with two attached hydrogens (primary N) is 1. The number of aromatic nitrogens is 1. The van der Waals surface area contributed by atoms with E-state index in [0.717, 1.165) is 17.1 Å². The molecule has 3 heteroatoms. The molecular weight excluding hydrogens is 220 g/mol. The molecule has 2 aromatic rings. The monoisotopic (exact) mass is 234 g/mol. The van der Waals surface area contributed by atoms with Crippen molar-refractivity contribution in [3.8, 4) is 0 Å². The first-order chi connectivity index (χ1) is 7.68. The predicted octanol–water partition coefficient (Wildman–Crippen LogP) is 2.82. The fourth-order valence-electron chi connectivity index (χ4n) is 2.58. The van der Waals surface area contributed by atoms with Crippen LogP contribution in [0.2, 0.25) is 5.02 Å². The molecule has 1 heterocycles. The highest BCUT2D eigenvalue weighted by Crippen LogP contribution is 2.50. The second-order valence-electron chi connectivity index (χ2n) is 4.77. The van der Waals surface area contributed by atoms with Crippen LogP contribution in [0.3, 0.4) is 0 Å². The van der Waals surface area contributed by atoms with E-state index in [-0.39, 0.29) is 5.41 Å². The SMILES string of the molecule is Cn1cc(C2(CN)CC2)c2cccc(Cl)c21. The second-order valence-corrected chi connectivity index (χ2v) is 5.18. The van der Waals surface area contributed by atoms with E-state index in [0.29, 0.717) is 0 Å². The smallest absolute Gasteiger partial charge is 0.0670 e. The van der Waals surface area contributed by atoms with Crippen molar-refractivity contribution in [2.45, 2.75) is 18.3 Å². The van der Waals surface area contributed by atoms with E-state index in [4.69, 9.17) is 17.3 Å². The molecule has 1 saturated carbocycles. The van der Waals surface area contributed by atoms with Crippen LogP contribution in [0.4, 0.5) is 0 Å². The lowest BCUT2D eigenvalue weighted by Gasteiger charge is -2.10. The third-order valence-electron chi connectivity index (χ3n) is 3.77. The third-order valence-corrected chi connectivity index (χ3v) is 4.07. The van der Waals surface area contributed by atoms with Gasteiger partial charge in [0.05, 0.1) is 10.5 Å². The van der Waals surface area contributed by atoms with Crippen molar-refractivity contribution in [3.63, 3.8) is 0 Å². The van der Waals surface area contributed by atoms with E-state index in [1.54, 1.807) is 0 Å². The maximum absolute atomic E-state index is 6.24. The van der Waals surface area contributed by atoms with E-state index in [2.05, 4.69) is 16.8 Å². The molecule has 1 aliphatic carbocycles. The van der Waals surface area contributed by atoms with Gasteiger partial charge in [-0.3, -0.25) is 0 Å². The number of hydrogen-bond donors (Lipinski definition) is 1. The number of aryl methyl sites for hydroxylation is 1. The summed E-state index contributed by atoms with van der Waals surface area (Å²) in [4.78, 5) is 0. The summed E-state index contributed by atoms with van der Waals surface area (Å²) in [6, 6.07) is 6.10. The van der Waals surface area contributed by atoms with Crippen molar-refractivity contribution < 1.29 is 0 Å². The largest absolute Gasteiger partial charge is 0.349 e. The first kappa shape index (κ1) is 10.2. The average molecular weight is 235 g/mol.